The van der Waals surface area contributed by atoms with E-state index in [1.807, 2.05) is 37.1 Å². The van der Waals surface area contributed by atoms with Crippen molar-refractivity contribution in [2.45, 2.75) is 70.9 Å². The molecule has 8 nitrogen and oxygen atoms in total. The topological polar surface area (TPSA) is 87.5 Å². The molecule has 1 N–H and O–H groups in total. The summed E-state index contributed by atoms with van der Waals surface area (Å²) in [7, 11) is 1.87. The van der Waals surface area contributed by atoms with Gasteiger partial charge in [-0.05, 0) is 44.6 Å². The number of hydrogen-bond donors (Lipinski definition) is 1. The Morgan fingerprint density at radius 2 is 1.74 bits per heavy atom. The first kappa shape index (κ1) is 24.9. The Balaban J connectivity index is 1.27. The normalized spacial score (nSPS) is 16.5. The van der Waals surface area contributed by atoms with Crippen LogP contribution in [0.25, 0.3) is 0 Å². The third-order valence-electron chi connectivity index (χ3n) is 7.12. The molecule has 0 spiro atoms. The van der Waals surface area contributed by atoms with Crippen LogP contribution in [0, 0.1) is 0 Å². The van der Waals surface area contributed by atoms with Gasteiger partial charge in [0.1, 0.15) is 0 Å². The number of nitrogens with zero attached hydrogens (tertiary/aromatic N) is 4. The molecule has 0 bridgehead atoms. The number of piperidine rings is 1. The lowest BCUT2D eigenvalue weighted by Crippen LogP contribution is -2.39. The molecule has 4 rings (SSSR count). The van der Waals surface area contributed by atoms with Crippen molar-refractivity contribution in [3.05, 3.63) is 52.8 Å². The molecule has 0 radical (unpaired) electrons. The molecule has 1 saturated heterocycles. The van der Waals surface area contributed by atoms with Crippen LogP contribution >= 0.6 is 0 Å². The molecule has 0 aliphatic carbocycles. The van der Waals surface area contributed by atoms with E-state index in [1.165, 1.54) is 5.56 Å². The van der Waals surface area contributed by atoms with Crippen LogP contribution in [-0.4, -0.2) is 63.0 Å². The van der Waals surface area contributed by atoms with E-state index in [-0.39, 0.29) is 36.6 Å². The monoisotopic (exact) mass is 479 g/mol. The number of likely N-dealkylation sites (tertiary alicyclic amines) is 1. The first-order valence-corrected chi connectivity index (χ1v) is 12.9. The first-order valence-electron chi connectivity index (χ1n) is 12.9. The number of rotatable bonds is 8. The van der Waals surface area contributed by atoms with Gasteiger partial charge < -0.3 is 15.1 Å². The second kappa shape index (κ2) is 11.5. The van der Waals surface area contributed by atoms with Gasteiger partial charge in [-0.15, -0.1) is 0 Å². The van der Waals surface area contributed by atoms with E-state index in [4.69, 9.17) is 0 Å². The molecule has 1 atom stereocenters. The number of amides is 3. The number of aromatic nitrogens is 2. The van der Waals surface area contributed by atoms with Gasteiger partial charge in [0.25, 0.3) is 5.91 Å². The van der Waals surface area contributed by atoms with Gasteiger partial charge in [-0.3, -0.25) is 19.1 Å². The van der Waals surface area contributed by atoms with Crippen molar-refractivity contribution in [1.82, 2.24) is 24.9 Å². The summed E-state index contributed by atoms with van der Waals surface area (Å²) in [5.74, 6) is -0.179. The molecule has 0 saturated carbocycles. The summed E-state index contributed by atoms with van der Waals surface area (Å²) in [5, 5.41) is 7.55. The molecule has 8 heteroatoms. The first-order chi connectivity index (χ1) is 16.9. The van der Waals surface area contributed by atoms with Crippen molar-refractivity contribution >= 4 is 17.7 Å². The number of fused-ring (bicyclic) bond motifs is 1. The van der Waals surface area contributed by atoms with Gasteiger partial charge >= 0.3 is 0 Å². The number of hydrogen-bond acceptors (Lipinski definition) is 4. The zero-order valence-corrected chi connectivity index (χ0v) is 21.0. The molecule has 1 aromatic heterocycles. The van der Waals surface area contributed by atoms with Crippen LogP contribution in [0.5, 0.6) is 0 Å². The number of carbonyl (C=O) groups excluding carboxylic acids is 3. The third-order valence-corrected chi connectivity index (χ3v) is 7.12. The second-order valence-corrected chi connectivity index (χ2v) is 9.81. The fraction of sp³-hybridized carbons (Fsp3) is 0.556. The Bertz CT molecular complexity index is 1040. The zero-order chi connectivity index (χ0) is 24.8. The lowest BCUT2D eigenvalue weighted by molar-refractivity contribution is -0.134. The third kappa shape index (κ3) is 6.29. The maximum absolute atomic E-state index is 13.1. The van der Waals surface area contributed by atoms with Crippen LogP contribution in [0.1, 0.15) is 72.8 Å². The predicted octanol–water partition coefficient (Wildman–Crippen LogP) is 2.85. The highest BCUT2D eigenvalue weighted by atomic mass is 16.2. The van der Waals surface area contributed by atoms with E-state index in [9.17, 15) is 14.4 Å². The Morgan fingerprint density at radius 3 is 2.49 bits per heavy atom. The summed E-state index contributed by atoms with van der Waals surface area (Å²) in [4.78, 5) is 42.1. The maximum Gasteiger partial charge on any atom is 0.274 e. The van der Waals surface area contributed by atoms with E-state index in [1.54, 1.807) is 9.58 Å². The van der Waals surface area contributed by atoms with Gasteiger partial charge in [-0.2, -0.15) is 5.10 Å². The van der Waals surface area contributed by atoms with Gasteiger partial charge in [0.2, 0.25) is 11.8 Å². The van der Waals surface area contributed by atoms with Crippen LogP contribution in [-0.2, 0) is 36.0 Å². The summed E-state index contributed by atoms with van der Waals surface area (Å²) in [5.41, 5.74) is 3.62. The van der Waals surface area contributed by atoms with Crippen molar-refractivity contribution < 1.29 is 14.4 Å². The number of carbonyl (C=O) groups is 3. The Kier molecular flexibility index (Phi) is 8.21. The fourth-order valence-corrected chi connectivity index (χ4v) is 5.05. The number of benzene rings is 1. The Hall–Kier alpha value is -3.16. The van der Waals surface area contributed by atoms with E-state index < -0.39 is 0 Å². The summed E-state index contributed by atoms with van der Waals surface area (Å²) >= 11 is 0. The van der Waals surface area contributed by atoms with E-state index in [0.717, 1.165) is 56.5 Å². The van der Waals surface area contributed by atoms with Gasteiger partial charge in [-0.1, -0.05) is 30.3 Å². The Morgan fingerprint density at radius 1 is 1.00 bits per heavy atom. The van der Waals surface area contributed by atoms with Gasteiger partial charge in [0.15, 0.2) is 5.69 Å². The number of aryl methyl sites for hydroxylation is 2. The second-order valence-electron chi connectivity index (χ2n) is 9.81. The molecule has 2 aromatic rings. The van der Waals surface area contributed by atoms with Crippen molar-refractivity contribution in [3.8, 4) is 0 Å². The average molecular weight is 480 g/mol. The lowest BCUT2D eigenvalue weighted by atomic mass is 10.0. The van der Waals surface area contributed by atoms with Crippen molar-refractivity contribution in [2.75, 3.05) is 19.6 Å². The molecule has 35 heavy (non-hydrogen) atoms. The zero-order valence-electron chi connectivity index (χ0n) is 21.0. The summed E-state index contributed by atoms with van der Waals surface area (Å²) in [6.45, 7) is 4.50. The molecular weight excluding hydrogens is 442 g/mol. The predicted molar refractivity (Wildman–Crippen MR) is 134 cm³/mol. The van der Waals surface area contributed by atoms with Crippen LogP contribution in [0.3, 0.4) is 0 Å². The molecule has 1 unspecified atom stereocenters. The summed E-state index contributed by atoms with van der Waals surface area (Å²) < 4.78 is 1.79. The van der Waals surface area contributed by atoms with E-state index in [0.29, 0.717) is 25.2 Å². The van der Waals surface area contributed by atoms with Crippen LogP contribution in [0.2, 0.25) is 0 Å². The molecule has 2 aliphatic rings. The maximum atomic E-state index is 13.1. The molecule has 1 aromatic carbocycles. The minimum Gasteiger partial charge on any atom is -0.354 e. The van der Waals surface area contributed by atoms with Crippen molar-refractivity contribution in [3.63, 3.8) is 0 Å². The SMILES string of the molecule is CC(CCc1ccccc1)NC(=O)CCC(=O)N1CCc2c(c(C(=O)N3CCCCC3)nn2C)C1. The number of nitrogens with one attached hydrogen (secondary N) is 1. The van der Waals surface area contributed by atoms with Gasteiger partial charge in [0, 0.05) is 69.8 Å². The highest BCUT2D eigenvalue weighted by molar-refractivity contribution is 5.94. The minimum atomic E-state index is -0.0982. The standard InChI is InChI=1S/C27H37N5O3/c1-20(11-12-21-9-5-3-6-10-21)28-24(33)13-14-25(34)32-18-15-23-22(19-32)26(29-30(23)2)27(35)31-16-7-4-8-17-31/h3,5-6,9-10,20H,4,7-8,11-19H2,1-2H3,(H,28,33). The van der Waals surface area contributed by atoms with Crippen LogP contribution in [0.15, 0.2) is 30.3 Å². The smallest absolute Gasteiger partial charge is 0.274 e. The highest BCUT2D eigenvalue weighted by Crippen LogP contribution is 2.25. The summed E-state index contributed by atoms with van der Waals surface area (Å²) in [6.07, 6.45) is 5.98. The minimum absolute atomic E-state index is 0.0280. The molecule has 1 fully saturated rings. The molecule has 3 amide bonds. The molecular formula is C27H37N5O3. The molecule has 2 aliphatic heterocycles. The Labute approximate surface area is 207 Å². The van der Waals surface area contributed by atoms with Gasteiger partial charge in [0.05, 0.1) is 0 Å². The fourth-order valence-electron chi connectivity index (χ4n) is 5.05. The lowest BCUT2D eigenvalue weighted by Gasteiger charge is -2.29. The van der Waals surface area contributed by atoms with Crippen LogP contribution < -0.4 is 5.32 Å². The van der Waals surface area contributed by atoms with Crippen molar-refractivity contribution in [2.24, 2.45) is 7.05 Å². The highest BCUT2D eigenvalue weighted by Gasteiger charge is 2.31. The van der Waals surface area contributed by atoms with Gasteiger partial charge in [-0.25, -0.2) is 0 Å². The van der Waals surface area contributed by atoms with Crippen LogP contribution in [0.4, 0.5) is 0 Å². The van der Waals surface area contributed by atoms with Crippen molar-refractivity contribution in [1.29, 1.82) is 0 Å². The molecule has 3 heterocycles. The largest absolute Gasteiger partial charge is 0.354 e. The van der Waals surface area contributed by atoms with E-state index in [2.05, 4.69) is 22.5 Å². The van der Waals surface area contributed by atoms with E-state index >= 15 is 0 Å². The summed E-state index contributed by atoms with van der Waals surface area (Å²) in [6, 6.07) is 10.3. The quantitative estimate of drug-likeness (QED) is 0.631. The molecule has 188 valence electrons. The average Bonchev–Trinajstić information content (AvgIpc) is 3.22.